The zero-order valence-corrected chi connectivity index (χ0v) is 19.1. The van der Waals surface area contributed by atoms with Crippen molar-refractivity contribution in [2.45, 2.75) is 4.90 Å². The Balaban J connectivity index is 1.74. The first-order valence-corrected chi connectivity index (χ1v) is 11.6. The van der Waals surface area contributed by atoms with E-state index in [1.54, 1.807) is 66.7 Å². The molecule has 4 aromatic rings. The van der Waals surface area contributed by atoms with Crippen LogP contribution in [-0.2, 0) is 10.0 Å². The summed E-state index contributed by atoms with van der Waals surface area (Å²) >= 11 is 11.9. The van der Waals surface area contributed by atoms with E-state index < -0.39 is 10.0 Å². The second kappa shape index (κ2) is 9.12. The third kappa shape index (κ3) is 4.83. The molecule has 0 amide bonds. The van der Waals surface area contributed by atoms with E-state index in [0.29, 0.717) is 33.0 Å². The fraction of sp³-hybridized carbons (Fsp3) is 0.0455. The smallest absolute Gasteiger partial charge is 0.284 e. The summed E-state index contributed by atoms with van der Waals surface area (Å²) in [6, 6.07) is 21.6. The Morgan fingerprint density at radius 2 is 1.34 bits per heavy atom. The summed E-state index contributed by atoms with van der Waals surface area (Å²) in [6.45, 7) is 0. The Morgan fingerprint density at radius 1 is 0.812 bits per heavy atom. The molecule has 10 heteroatoms. The molecule has 0 spiro atoms. The molecule has 0 atom stereocenters. The highest BCUT2D eigenvalue weighted by molar-refractivity contribution is 7.90. The second-order valence-corrected chi connectivity index (χ2v) is 9.34. The topological polar surface area (TPSA) is 85.2 Å². The Labute approximate surface area is 195 Å². The largest absolute Gasteiger partial charge is 0.497 e. The van der Waals surface area contributed by atoms with Crippen LogP contribution in [0.2, 0.25) is 10.0 Å². The number of nitrogens with zero attached hydrogens (tertiary/aromatic N) is 2. The lowest BCUT2D eigenvalue weighted by molar-refractivity contribution is 0.414. The Morgan fingerprint density at radius 3 is 1.88 bits per heavy atom. The molecule has 3 aromatic carbocycles. The number of hydrogen-bond acceptors (Lipinski definition) is 6. The second-order valence-electron chi connectivity index (χ2n) is 6.70. The van der Waals surface area contributed by atoms with E-state index in [1.807, 2.05) is 0 Å². The van der Waals surface area contributed by atoms with E-state index in [0.717, 1.165) is 4.09 Å². The number of aromatic nitrogens is 2. The minimum atomic E-state index is -4.00. The number of hydrogen-bond donors (Lipinski definition) is 2. The Hall–Kier alpha value is -3.20. The van der Waals surface area contributed by atoms with Crippen molar-refractivity contribution in [1.82, 2.24) is 9.19 Å². The molecule has 0 bridgehead atoms. The van der Waals surface area contributed by atoms with Crippen molar-refractivity contribution in [3.05, 3.63) is 88.9 Å². The molecule has 1 aromatic heterocycles. The summed E-state index contributed by atoms with van der Waals surface area (Å²) in [5, 5.41) is 11.6. The molecule has 0 fully saturated rings. The maximum atomic E-state index is 13.4. The summed E-state index contributed by atoms with van der Waals surface area (Å²) in [6.07, 6.45) is 0. The number of ether oxygens (including phenoxy) is 1. The molecular formula is C22H18Cl2N4O3S. The molecule has 0 aliphatic heterocycles. The first kappa shape index (κ1) is 22.0. The van der Waals surface area contributed by atoms with Gasteiger partial charge in [-0.05, 0) is 72.8 Å². The monoisotopic (exact) mass is 488 g/mol. The molecule has 1 heterocycles. The fourth-order valence-corrected chi connectivity index (χ4v) is 4.39. The van der Waals surface area contributed by atoms with Crippen molar-refractivity contribution in [3.8, 4) is 5.75 Å². The van der Waals surface area contributed by atoms with E-state index >= 15 is 0 Å². The van der Waals surface area contributed by atoms with Crippen LogP contribution < -0.4 is 15.4 Å². The number of anilines is 4. The van der Waals surface area contributed by atoms with Crippen molar-refractivity contribution in [2.75, 3.05) is 17.7 Å². The van der Waals surface area contributed by atoms with Gasteiger partial charge in [-0.15, -0.1) is 9.19 Å². The molecule has 0 saturated carbocycles. The highest BCUT2D eigenvalue weighted by Gasteiger charge is 2.23. The van der Waals surface area contributed by atoms with Crippen LogP contribution in [0.3, 0.4) is 0 Å². The van der Waals surface area contributed by atoms with Gasteiger partial charge in [0.15, 0.2) is 5.82 Å². The predicted molar refractivity (Wildman–Crippen MR) is 127 cm³/mol. The van der Waals surface area contributed by atoms with Gasteiger partial charge >= 0.3 is 0 Å². The molecule has 32 heavy (non-hydrogen) atoms. The molecule has 2 N–H and O–H groups in total. The maximum absolute atomic E-state index is 13.4. The van der Waals surface area contributed by atoms with Gasteiger partial charge in [0.2, 0.25) is 0 Å². The number of benzene rings is 3. The van der Waals surface area contributed by atoms with E-state index in [-0.39, 0.29) is 10.7 Å². The number of nitrogens with one attached hydrogen (secondary N) is 2. The normalized spacial score (nSPS) is 11.2. The number of rotatable bonds is 7. The van der Waals surface area contributed by atoms with Crippen molar-refractivity contribution in [3.63, 3.8) is 0 Å². The van der Waals surface area contributed by atoms with E-state index in [1.165, 1.54) is 19.2 Å². The van der Waals surface area contributed by atoms with Crippen molar-refractivity contribution >= 4 is 56.2 Å². The van der Waals surface area contributed by atoms with E-state index in [2.05, 4.69) is 15.7 Å². The molecule has 0 saturated heterocycles. The van der Waals surface area contributed by atoms with Gasteiger partial charge in [0.25, 0.3) is 10.0 Å². The summed E-state index contributed by atoms with van der Waals surface area (Å²) < 4.78 is 32.8. The summed E-state index contributed by atoms with van der Waals surface area (Å²) in [7, 11) is -2.49. The lowest BCUT2D eigenvalue weighted by Crippen LogP contribution is -2.17. The van der Waals surface area contributed by atoms with Gasteiger partial charge in [-0.2, -0.15) is 8.42 Å². The van der Waals surface area contributed by atoms with Gasteiger partial charge in [0, 0.05) is 27.5 Å². The molecule has 0 radical (unpaired) electrons. The zero-order chi connectivity index (χ0) is 22.7. The van der Waals surface area contributed by atoms with Gasteiger partial charge in [0.05, 0.1) is 12.0 Å². The summed E-state index contributed by atoms with van der Waals surface area (Å²) in [4.78, 5) is 0.0681. The average Bonchev–Trinajstić information content (AvgIpc) is 3.20. The average molecular weight is 489 g/mol. The lowest BCUT2D eigenvalue weighted by atomic mass is 10.3. The van der Waals surface area contributed by atoms with Crippen LogP contribution >= 0.6 is 23.2 Å². The van der Waals surface area contributed by atoms with Crippen LogP contribution in [-0.4, -0.2) is 24.7 Å². The highest BCUT2D eigenvalue weighted by atomic mass is 35.5. The molecule has 0 unspecified atom stereocenters. The number of halogens is 2. The van der Waals surface area contributed by atoms with Crippen LogP contribution in [0.5, 0.6) is 5.75 Å². The Kier molecular flexibility index (Phi) is 6.27. The minimum Gasteiger partial charge on any atom is -0.497 e. The first-order chi connectivity index (χ1) is 15.3. The van der Waals surface area contributed by atoms with Gasteiger partial charge in [-0.25, -0.2) is 0 Å². The molecule has 0 aliphatic carbocycles. The quantitative estimate of drug-likeness (QED) is 0.335. The maximum Gasteiger partial charge on any atom is 0.284 e. The van der Waals surface area contributed by atoms with Crippen molar-refractivity contribution in [1.29, 1.82) is 0 Å². The summed E-state index contributed by atoms with van der Waals surface area (Å²) in [5.41, 5.74) is 1.36. The predicted octanol–water partition coefficient (Wildman–Crippen LogP) is 5.92. The van der Waals surface area contributed by atoms with E-state index in [9.17, 15) is 8.42 Å². The molecule has 0 aliphatic rings. The van der Waals surface area contributed by atoms with Crippen LogP contribution in [0.1, 0.15) is 0 Å². The number of methoxy groups -OCH3 is 1. The van der Waals surface area contributed by atoms with Gasteiger partial charge in [0.1, 0.15) is 11.6 Å². The molecule has 164 valence electrons. The van der Waals surface area contributed by atoms with Crippen molar-refractivity contribution in [2.24, 2.45) is 0 Å². The fourth-order valence-electron chi connectivity index (χ4n) is 2.90. The highest BCUT2D eigenvalue weighted by Crippen LogP contribution is 2.28. The lowest BCUT2D eigenvalue weighted by Gasteiger charge is -2.11. The standard InChI is InChI=1S/C22H18Cl2N4O3S/c1-31-19-10-12-20(13-11-19)32(29,30)28-22(26-18-8-4-16(24)5-9-18)14-21(27-28)25-17-6-2-15(23)3-7-17/h2-14,26H,1H3,(H,25,27). The first-order valence-electron chi connectivity index (χ1n) is 9.40. The molecule has 4 rings (SSSR count). The zero-order valence-electron chi connectivity index (χ0n) is 16.8. The van der Waals surface area contributed by atoms with Gasteiger partial charge < -0.3 is 15.4 Å². The SMILES string of the molecule is COc1ccc(S(=O)(=O)n2nc(Nc3ccc(Cl)cc3)cc2Nc2ccc(Cl)cc2)cc1. The third-order valence-corrected chi connectivity index (χ3v) is 6.60. The molecule has 7 nitrogen and oxygen atoms in total. The van der Waals surface area contributed by atoms with Crippen molar-refractivity contribution < 1.29 is 13.2 Å². The van der Waals surface area contributed by atoms with Crippen LogP contribution in [0.15, 0.2) is 83.8 Å². The summed E-state index contributed by atoms with van der Waals surface area (Å²) in [5.74, 6) is 1.13. The third-order valence-electron chi connectivity index (χ3n) is 4.50. The van der Waals surface area contributed by atoms with Gasteiger partial charge in [-0.1, -0.05) is 23.2 Å². The van der Waals surface area contributed by atoms with Crippen LogP contribution in [0.25, 0.3) is 0 Å². The Bertz CT molecular complexity index is 1320. The van der Waals surface area contributed by atoms with Crippen LogP contribution in [0.4, 0.5) is 23.0 Å². The minimum absolute atomic E-state index is 0.0681. The molecular weight excluding hydrogens is 471 g/mol. The van der Waals surface area contributed by atoms with Gasteiger partial charge in [-0.3, -0.25) is 0 Å². The van der Waals surface area contributed by atoms with Crippen LogP contribution in [0, 0.1) is 0 Å². The van der Waals surface area contributed by atoms with E-state index in [4.69, 9.17) is 27.9 Å².